The molecule has 0 aromatic heterocycles. The van der Waals surface area contributed by atoms with Gasteiger partial charge in [0.1, 0.15) is 0 Å². The number of hydrogen-bond donors (Lipinski definition) is 4. The van der Waals surface area contributed by atoms with E-state index in [4.69, 9.17) is 10.8 Å². The second kappa shape index (κ2) is 5.10. The van der Waals surface area contributed by atoms with Gasteiger partial charge in [-0.05, 0) is 30.9 Å². The summed E-state index contributed by atoms with van der Waals surface area (Å²) in [4.78, 5) is 10.6. The Morgan fingerprint density at radius 2 is 2.00 bits per heavy atom. The van der Waals surface area contributed by atoms with E-state index in [1.165, 1.54) is 0 Å². The zero-order valence-corrected chi connectivity index (χ0v) is 10.4. The molecule has 1 aromatic carbocycles. The molecule has 110 valence electrons. The van der Waals surface area contributed by atoms with Gasteiger partial charge in [0.15, 0.2) is 0 Å². The SMILES string of the molecule is Nc1cc(C(F)(F)F)c(NCC2CC2)cc1NC(=O)O. The second-order valence-corrected chi connectivity index (χ2v) is 4.74. The quantitative estimate of drug-likeness (QED) is 0.641. The second-order valence-electron chi connectivity index (χ2n) is 4.74. The Morgan fingerprint density at radius 1 is 1.35 bits per heavy atom. The standard InChI is InChI=1S/C12H14F3N3O2/c13-12(14,15)7-3-8(16)10(18-11(19)20)4-9(7)17-5-6-1-2-6/h3-4,6,17-18H,1-2,5,16H2,(H,19,20). The van der Waals surface area contributed by atoms with Crippen LogP contribution in [0.4, 0.5) is 35.0 Å². The van der Waals surface area contributed by atoms with E-state index < -0.39 is 17.8 Å². The molecule has 8 heteroatoms. The van der Waals surface area contributed by atoms with E-state index in [1.54, 1.807) is 0 Å². The minimum absolute atomic E-state index is 0.0659. The van der Waals surface area contributed by atoms with Gasteiger partial charge in [0.25, 0.3) is 0 Å². The molecule has 0 bridgehead atoms. The van der Waals surface area contributed by atoms with Crippen LogP contribution < -0.4 is 16.4 Å². The Hall–Kier alpha value is -2.12. The lowest BCUT2D eigenvalue weighted by molar-refractivity contribution is -0.136. The third kappa shape index (κ3) is 3.46. The average Bonchev–Trinajstić information content (AvgIpc) is 3.11. The van der Waals surface area contributed by atoms with Crippen molar-refractivity contribution in [3.8, 4) is 0 Å². The summed E-state index contributed by atoms with van der Waals surface area (Å²) in [7, 11) is 0. The molecule has 1 fully saturated rings. The fourth-order valence-electron chi connectivity index (χ4n) is 1.80. The van der Waals surface area contributed by atoms with Crippen molar-refractivity contribution in [3.05, 3.63) is 17.7 Å². The van der Waals surface area contributed by atoms with Crippen LogP contribution in [0.25, 0.3) is 0 Å². The molecule has 0 spiro atoms. The van der Waals surface area contributed by atoms with Crippen molar-refractivity contribution < 1.29 is 23.1 Å². The predicted octanol–water partition coefficient (Wildman–Crippen LogP) is 3.20. The zero-order valence-electron chi connectivity index (χ0n) is 10.4. The van der Waals surface area contributed by atoms with Gasteiger partial charge in [0.05, 0.1) is 16.9 Å². The number of halogens is 3. The average molecular weight is 289 g/mol. The largest absolute Gasteiger partial charge is 0.465 e. The van der Waals surface area contributed by atoms with E-state index in [2.05, 4.69) is 5.32 Å². The summed E-state index contributed by atoms with van der Waals surface area (Å²) in [5, 5.41) is 13.3. The summed E-state index contributed by atoms with van der Waals surface area (Å²) in [5.41, 5.74) is 4.06. The highest BCUT2D eigenvalue weighted by Crippen LogP contribution is 2.40. The molecule has 1 saturated carbocycles. The van der Waals surface area contributed by atoms with Crippen molar-refractivity contribution in [2.24, 2.45) is 5.92 Å². The Balaban J connectivity index is 2.33. The minimum Gasteiger partial charge on any atom is -0.465 e. The molecular formula is C12H14F3N3O2. The summed E-state index contributed by atoms with van der Waals surface area (Å²) in [5.74, 6) is 0.379. The lowest BCUT2D eigenvalue weighted by Gasteiger charge is -2.17. The maximum atomic E-state index is 12.9. The van der Waals surface area contributed by atoms with E-state index >= 15 is 0 Å². The van der Waals surface area contributed by atoms with Gasteiger partial charge in [-0.3, -0.25) is 5.32 Å². The predicted molar refractivity (Wildman–Crippen MR) is 68.7 cm³/mol. The molecule has 1 amide bonds. The molecule has 1 aliphatic rings. The molecule has 1 aliphatic carbocycles. The van der Waals surface area contributed by atoms with E-state index in [1.807, 2.05) is 5.32 Å². The number of carboxylic acid groups (broad SMARTS) is 1. The third-order valence-electron chi connectivity index (χ3n) is 3.01. The topological polar surface area (TPSA) is 87.4 Å². The van der Waals surface area contributed by atoms with Crippen LogP contribution in [0.5, 0.6) is 0 Å². The van der Waals surface area contributed by atoms with Gasteiger partial charge in [0, 0.05) is 12.2 Å². The molecule has 0 radical (unpaired) electrons. The van der Waals surface area contributed by atoms with Gasteiger partial charge in [-0.2, -0.15) is 13.2 Å². The first-order valence-electron chi connectivity index (χ1n) is 6.02. The number of alkyl halides is 3. The van der Waals surface area contributed by atoms with Crippen LogP contribution in [-0.4, -0.2) is 17.7 Å². The van der Waals surface area contributed by atoms with Gasteiger partial charge in [-0.25, -0.2) is 4.79 Å². The first kappa shape index (κ1) is 14.3. The van der Waals surface area contributed by atoms with Crippen molar-refractivity contribution in [3.63, 3.8) is 0 Å². The number of nitrogens with one attached hydrogen (secondary N) is 2. The summed E-state index contributed by atoms with van der Waals surface area (Å²) >= 11 is 0. The van der Waals surface area contributed by atoms with Gasteiger partial charge < -0.3 is 16.2 Å². The van der Waals surface area contributed by atoms with Crippen LogP contribution in [0.3, 0.4) is 0 Å². The summed E-state index contributed by atoms with van der Waals surface area (Å²) in [6.45, 7) is 0.430. The zero-order chi connectivity index (χ0) is 14.9. The van der Waals surface area contributed by atoms with E-state index in [9.17, 15) is 18.0 Å². The molecule has 0 aliphatic heterocycles. The maximum absolute atomic E-state index is 12.9. The van der Waals surface area contributed by atoms with Crippen LogP contribution in [0, 0.1) is 5.92 Å². The minimum atomic E-state index is -4.55. The number of hydrogen-bond acceptors (Lipinski definition) is 3. The highest BCUT2D eigenvalue weighted by Gasteiger charge is 2.35. The number of carbonyl (C=O) groups is 1. The molecule has 0 atom stereocenters. The molecule has 5 nitrogen and oxygen atoms in total. The normalized spacial score (nSPS) is 14.9. The van der Waals surface area contributed by atoms with Crippen LogP contribution in [-0.2, 0) is 6.18 Å². The van der Waals surface area contributed by atoms with E-state index in [0.29, 0.717) is 12.5 Å². The highest BCUT2D eigenvalue weighted by molar-refractivity contribution is 5.89. The fourth-order valence-corrected chi connectivity index (χ4v) is 1.80. The molecule has 0 saturated heterocycles. The van der Waals surface area contributed by atoms with E-state index in [0.717, 1.165) is 25.0 Å². The first-order chi connectivity index (χ1) is 9.27. The Bertz CT molecular complexity index is 527. The van der Waals surface area contributed by atoms with Gasteiger partial charge in [-0.1, -0.05) is 0 Å². The van der Waals surface area contributed by atoms with Gasteiger partial charge in [0.2, 0.25) is 0 Å². The van der Waals surface area contributed by atoms with Crippen molar-refractivity contribution in [2.45, 2.75) is 19.0 Å². The first-order valence-corrected chi connectivity index (χ1v) is 6.02. The lowest BCUT2D eigenvalue weighted by Crippen LogP contribution is -2.15. The monoisotopic (exact) mass is 289 g/mol. The number of nitrogens with two attached hydrogens (primary N) is 1. The number of benzene rings is 1. The lowest BCUT2D eigenvalue weighted by atomic mass is 10.1. The van der Waals surface area contributed by atoms with Crippen molar-refractivity contribution in [1.29, 1.82) is 0 Å². The number of rotatable bonds is 4. The Morgan fingerprint density at radius 3 is 2.50 bits per heavy atom. The molecule has 5 N–H and O–H groups in total. The fraction of sp³-hybridized carbons (Fsp3) is 0.417. The van der Waals surface area contributed by atoms with Gasteiger partial charge >= 0.3 is 12.3 Å². The maximum Gasteiger partial charge on any atom is 0.418 e. The molecule has 0 heterocycles. The van der Waals surface area contributed by atoms with Crippen LogP contribution >= 0.6 is 0 Å². The van der Waals surface area contributed by atoms with Gasteiger partial charge in [-0.15, -0.1) is 0 Å². The van der Waals surface area contributed by atoms with Crippen LogP contribution in [0.2, 0.25) is 0 Å². The van der Waals surface area contributed by atoms with Crippen LogP contribution in [0.15, 0.2) is 12.1 Å². The summed E-state index contributed by atoms with van der Waals surface area (Å²) in [6.07, 6.45) is -3.96. The Labute approximate surface area is 113 Å². The summed E-state index contributed by atoms with van der Waals surface area (Å²) in [6, 6.07) is 1.81. The summed E-state index contributed by atoms with van der Waals surface area (Å²) < 4.78 is 38.8. The third-order valence-corrected chi connectivity index (χ3v) is 3.01. The molecule has 20 heavy (non-hydrogen) atoms. The van der Waals surface area contributed by atoms with Crippen molar-refractivity contribution in [2.75, 3.05) is 22.9 Å². The molecule has 1 aromatic rings. The number of anilines is 3. The van der Waals surface area contributed by atoms with Crippen molar-refractivity contribution in [1.82, 2.24) is 0 Å². The molecule has 0 unspecified atom stereocenters. The molecule has 2 rings (SSSR count). The van der Waals surface area contributed by atoms with E-state index in [-0.39, 0.29) is 17.1 Å². The van der Waals surface area contributed by atoms with Crippen molar-refractivity contribution >= 4 is 23.2 Å². The molecular weight excluding hydrogens is 275 g/mol. The number of nitrogen functional groups attached to an aromatic ring is 1. The smallest absolute Gasteiger partial charge is 0.418 e. The highest BCUT2D eigenvalue weighted by atomic mass is 19.4. The Kier molecular flexibility index (Phi) is 3.65. The number of amides is 1. The van der Waals surface area contributed by atoms with Crippen LogP contribution in [0.1, 0.15) is 18.4 Å².